The Balaban J connectivity index is 2.30. The smallest absolute Gasteiger partial charge is 0.116 e. The van der Waals surface area contributed by atoms with E-state index in [-0.39, 0.29) is 11.1 Å². The summed E-state index contributed by atoms with van der Waals surface area (Å²) in [5.41, 5.74) is 0.120. The lowest BCUT2D eigenvalue weighted by Gasteiger charge is -2.42. The van der Waals surface area contributed by atoms with Gasteiger partial charge >= 0.3 is 0 Å². The zero-order valence-corrected chi connectivity index (χ0v) is 9.85. The van der Waals surface area contributed by atoms with Gasteiger partial charge in [-0.15, -0.1) is 0 Å². The van der Waals surface area contributed by atoms with Crippen LogP contribution in [-0.2, 0) is 9.47 Å². The van der Waals surface area contributed by atoms with Gasteiger partial charge in [0.2, 0.25) is 0 Å². The molecule has 0 aliphatic carbocycles. The molecule has 14 heavy (non-hydrogen) atoms. The number of hydrogen-bond donors (Lipinski definition) is 1. The molecule has 1 fully saturated rings. The zero-order chi connectivity index (χ0) is 10.7. The van der Waals surface area contributed by atoms with E-state index in [2.05, 4.69) is 26.1 Å². The molecular weight excluding hydrogens is 178 g/mol. The van der Waals surface area contributed by atoms with E-state index in [0.29, 0.717) is 0 Å². The topological polar surface area (TPSA) is 30.5 Å². The molecule has 0 bridgehead atoms. The maximum atomic E-state index is 5.86. The Bertz CT molecular complexity index is 170. The molecule has 3 heteroatoms. The Morgan fingerprint density at radius 2 is 2.07 bits per heavy atom. The largest absolute Gasteiger partial charge is 0.385 e. The van der Waals surface area contributed by atoms with E-state index < -0.39 is 0 Å². The van der Waals surface area contributed by atoms with Crippen molar-refractivity contribution in [1.82, 2.24) is 5.32 Å². The first kappa shape index (κ1) is 12.0. The van der Waals surface area contributed by atoms with Gasteiger partial charge in [-0.25, -0.2) is 0 Å². The van der Waals surface area contributed by atoms with E-state index in [9.17, 15) is 0 Å². The maximum Gasteiger partial charge on any atom is 0.116 e. The van der Waals surface area contributed by atoms with Crippen molar-refractivity contribution in [3.8, 4) is 0 Å². The molecule has 0 saturated carbocycles. The SMILES string of the molecule is COCCCC1(C)NCC(C)(C)CO1. The van der Waals surface area contributed by atoms with Gasteiger partial charge < -0.3 is 9.47 Å². The van der Waals surface area contributed by atoms with Crippen molar-refractivity contribution < 1.29 is 9.47 Å². The van der Waals surface area contributed by atoms with Gasteiger partial charge in [0, 0.05) is 25.7 Å². The lowest BCUT2D eigenvalue weighted by Crippen LogP contribution is -2.55. The first-order valence-electron chi connectivity index (χ1n) is 5.35. The fourth-order valence-electron chi connectivity index (χ4n) is 1.60. The second-order valence-electron chi connectivity index (χ2n) is 5.13. The third-order valence-electron chi connectivity index (χ3n) is 2.72. The highest BCUT2D eigenvalue weighted by Crippen LogP contribution is 2.26. The summed E-state index contributed by atoms with van der Waals surface area (Å²) in [6, 6.07) is 0. The maximum absolute atomic E-state index is 5.86. The molecule has 1 rings (SSSR count). The van der Waals surface area contributed by atoms with Gasteiger partial charge in [0.05, 0.1) is 6.61 Å². The third-order valence-corrected chi connectivity index (χ3v) is 2.72. The molecule has 0 amide bonds. The fraction of sp³-hybridized carbons (Fsp3) is 1.00. The van der Waals surface area contributed by atoms with Crippen molar-refractivity contribution in [2.24, 2.45) is 5.41 Å². The lowest BCUT2D eigenvalue weighted by molar-refractivity contribution is -0.132. The minimum Gasteiger partial charge on any atom is -0.385 e. The van der Waals surface area contributed by atoms with Crippen molar-refractivity contribution in [2.45, 2.75) is 39.3 Å². The summed E-state index contributed by atoms with van der Waals surface area (Å²) >= 11 is 0. The summed E-state index contributed by atoms with van der Waals surface area (Å²) in [6.07, 6.45) is 2.05. The first-order valence-corrected chi connectivity index (χ1v) is 5.35. The van der Waals surface area contributed by atoms with Crippen LogP contribution in [0.1, 0.15) is 33.6 Å². The van der Waals surface area contributed by atoms with Gasteiger partial charge in [0.1, 0.15) is 5.72 Å². The monoisotopic (exact) mass is 201 g/mol. The molecule has 84 valence electrons. The Labute approximate surface area is 87.2 Å². The van der Waals surface area contributed by atoms with Gasteiger partial charge in [-0.3, -0.25) is 5.32 Å². The molecule has 1 unspecified atom stereocenters. The standard InChI is InChI=1S/C11H23NO2/c1-10(2)8-12-11(3,14-9-10)6-5-7-13-4/h12H,5-9H2,1-4H3. The summed E-state index contributed by atoms with van der Waals surface area (Å²) in [7, 11) is 1.74. The van der Waals surface area contributed by atoms with Crippen molar-refractivity contribution in [3.05, 3.63) is 0 Å². The molecule has 0 spiro atoms. The van der Waals surface area contributed by atoms with Crippen LogP contribution in [-0.4, -0.2) is 32.6 Å². The normalized spacial score (nSPS) is 31.7. The van der Waals surface area contributed by atoms with E-state index in [4.69, 9.17) is 9.47 Å². The van der Waals surface area contributed by atoms with Gasteiger partial charge in [0.25, 0.3) is 0 Å². The molecule has 1 N–H and O–H groups in total. The summed E-state index contributed by atoms with van der Waals surface area (Å²) in [5, 5.41) is 3.47. The number of ether oxygens (including phenoxy) is 2. The van der Waals surface area contributed by atoms with Crippen molar-refractivity contribution >= 4 is 0 Å². The summed E-state index contributed by atoms with van der Waals surface area (Å²) in [5.74, 6) is 0. The molecule has 1 saturated heterocycles. The molecule has 1 heterocycles. The van der Waals surface area contributed by atoms with Crippen molar-refractivity contribution in [3.63, 3.8) is 0 Å². The number of rotatable bonds is 4. The van der Waals surface area contributed by atoms with Crippen LogP contribution in [0.25, 0.3) is 0 Å². The van der Waals surface area contributed by atoms with Crippen LogP contribution in [0.15, 0.2) is 0 Å². The van der Waals surface area contributed by atoms with E-state index in [0.717, 1.165) is 32.6 Å². The first-order chi connectivity index (χ1) is 6.47. The highest BCUT2D eigenvalue weighted by atomic mass is 16.5. The average Bonchev–Trinajstić information content (AvgIpc) is 2.12. The van der Waals surface area contributed by atoms with Crippen molar-refractivity contribution in [2.75, 3.05) is 26.9 Å². The summed E-state index contributed by atoms with van der Waals surface area (Å²) in [4.78, 5) is 0. The highest BCUT2D eigenvalue weighted by Gasteiger charge is 2.34. The van der Waals surface area contributed by atoms with Crippen LogP contribution in [0.5, 0.6) is 0 Å². The van der Waals surface area contributed by atoms with Gasteiger partial charge in [-0.2, -0.15) is 0 Å². The van der Waals surface area contributed by atoms with Crippen LogP contribution < -0.4 is 5.32 Å². The molecule has 0 aromatic heterocycles. The van der Waals surface area contributed by atoms with E-state index >= 15 is 0 Å². The molecule has 0 aromatic carbocycles. The second-order valence-corrected chi connectivity index (χ2v) is 5.13. The van der Waals surface area contributed by atoms with Gasteiger partial charge in [-0.05, 0) is 19.8 Å². The Morgan fingerprint density at radius 1 is 1.36 bits per heavy atom. The second kappa shape index (κ2) is 4.60. The molecular formula is C11H23NO2. The van der Waals surface area contributed by atoms with Crippen molar-refractivity contribution in [1.29, 1.82) is 0 Å². The molecule has 1 aliphatic heterocycles. The minimum atomic E-state index is -0.145. The Morgan fingerprint density at radius 3 is 2.57 bits per heavy atom. The molecule has 3 nitrogen and oxygen atoms in total. The predicted octanol–water partition coefficient (Wildman–Crippen LogP) is 1.78. The van der Waals surface area contributed by atoms with Crippen LogP contribution in [0.3, 0.4) is 0 Å². The van der Waals surface area contributed by atoms with E-state index in [1.165, 1.54) is 0 Å². The lowest BCUT2D eigenvalue weighted by atomic mass is 9.91. The fourth-order valence-corrected chi connectivity index (χ4v) is 1.60. The summed E-state index contributed by atoms with van der Waals surface area (Å²) in [6.45, 7) is 9.23. The van der Waals surface area contributed by atoms with Gasteiger partial charge in [0.15, 0.2) is 0 Å². The predicted molar refractivity (Wildman–Crippen MR) is 57.3 cm³/mol. The Hall–Kier alpha value is -0.120. The number of hydrogen-bond acceptors (Lipinski definition) is 3. The third kappa shape index (κ3) is 3.56. The molecule has 1 aliphatic rings. The summed E-state index contributed by atoms with van der Waals surface area (Å²) < 4.78 is 10.9. The average molecular weight is 201 g/mol. The van der Waals surface area contributed by atoms with Gasteiger partial charge in [-0.1, -0.05) is 13.8 Å². The van der Waals surface area contributed by atoms with Crippen LogP contribution in [0, 0.1) is 5.41 Å². The van der Waals surface area contributed by atoms with Crippen LogP contribution in [0.4, 0.5) is 0 Å². The Kier molecular flexibility index (Phi) is 3.93. The highest BCUT2D eigenvalue weighted by molar-refractivity contribution is 4.84. The quantitative estimate of drug-likeness (QED) is 0.703. The number of nitrogens with one attached hydrogen (secondary N) is 1. The molecule has 1 atom stereocenters. The molecule has 0 aromatic rings. The van der Waals surface area contributed by atoms with Crippen LogP contribution >= 0.6 is 0 Å². The van der Waals surface area contributed by atoms with E-state index in [1.54, 1.807) is 7.11 Å². The van der Waals surface area contributed by atoms with Crippen LogP contribution in [0.2, 0.25) is 0 Å². The number of methoxy groups -OCH3 is 1. The molecule has 0 radical (unpaired) electrons. The van der Waals surface area contributed by atoms with E-state index in [1.807, 2.05) is 0 Å². The zero-order valence-electron chi connectivity index (χ0n) is 9.85. The minimum absolute atomic E-state index is 0.145.